The van der Waals surface area contributed by atoms with Crippen LogP contribution in [0.25, 0.3) is 0 Å². The highest BCUT2D eigenvalue weighted by Gasteiger charge is 2.14. The minimum atomic E-state index is -0.900. The van der Waals surface area contributed by atoms with E-state index in [1.165, 1.54) is 0 Å². The molecule has 2 aromatic rings. The predicted molar refractivity (Wildman–Crippen MR) is 85.2 cm³/mol. The topological polar surface area (TPSA) is 55.8 Å². The second-order valence-electron chi connectivity index (χ2n) is 5.22. The fraction of sp³-hybridized carbons (Fsp3) is 0.278. The molecule has 0 bridgehead atoms. The van der Waals surface area contributed by atoms with Gasteiger partial charge in [0.2, 0.25) is 0 Å². The van der Waals surface area contributed by atoms with E-state index >= 15 is 0 Å². The normalized spacial score (nSPS) is 11.8. The molecule has 4 heteroatoms. The molecule has 22 heavy (non-hydrogen) atoms. The van der Waals surface area contributed by atoms with Gasteiger partial charge in [-0.25, -0.2) is 4.79 Å². The minimum absolute atomic E-state index is 0.126. The molecule has 0 saturated heterocycles. The van der Waals surface area contributed by atoms with Crippen LogP contribution in [0.4, 0.5) is 0 Å². The lowest BCUT2D eigenvalue weighted by atomic mass is 9.90. The van der Waals surface area contributed by atoms with Gasteiger partial charge < -0.3 is 14.6 Å². The molecule has 0 heterocycles. The number of aryl methyl sites for hydroxylation is 1. The fourth-order valence-corrected chi connectivity index (χ4v) is 2.51. The standard InChI is InChI=1S/C18H20O4/c1-11-9-13(5-7-15(11)18(19)20)12(2)14-6-8-16(21-3)17(10-14)22-4/h5-10,12H,1-4H3,(H,19,20). The minimum Gasteiger partial charge on any atom is -0.493 e. The molecule has 1 N–H and O–H groups in total. The van der Waals surface area contributed by atoms with Crippen LogP contribution in [0.2, 0.25) is 0 Å². The van der Waals surface area contributed by atoms with Gasteiger partial charge in [-0.05, 0) is 41.8 Å². The van der Waals surface area contributed by atoms with Crippen molar-refractivity contribution in [3.05, 3.63) is 58.7 Å². The highest BCUT2D eigenvalue weighted by molar-refractivity contribution is 5.89. The zero-order chi connectivity index (χ0) is 16.3. The molecular formula is C18H20O4. The molecule has 0 radical (unpaired) electrons. The molecule has 4 nitrogen and oxygen atoms in total. The number of carboxylic acids is 1. The number of rotatable bonds is 5. The first-order valence-corrected chi connectivity index (χ1v) is 7.03. The quantitative estimate of drug-likeness (QED) is 0.911. The molecule has 1 unspecified atom stereocenters. The van der Waals surface area contributed by atoms with E-state index < -0.39 is 5.97 Å². The van der Waals surface area contributed by atoms with E-state index in [1.807, 2.05) is 37.3 Å². The Kier molecular flexibility index (Phi) is 4.71. The molecule has 0 aliphatic heterocycles. The van der Waals surface area contributed by atoms with E-state index in [4.69, 9.17) is 14.6 Å². The molecule has 0 saturated carbocycles. The summed E-state index contributed by atoms with van der Waals surface area (Å²) in [6.45, 7) is 3.89. The molecule has 0 amide bonds. The summed E-state index contributed by atoms with van der Waals surface area (Å²) in [5.74, 6) is 0.603. The Bertz CT molecular complexity index is 691. The summed E-state index contributed by atoms with van der Waals surface area (Å²) < 4.78 is 10.6. The van der Waals surface area contributed by atoms with Gasteiger partial charge >= 0.3 is 5.97 Å². The molecule has 0 fully saturated rings. The van der Waals surface area contributed by atoms with Crippen molar-refractivity contribution in [3.63, 3.8) is 0 Å². The maximum absolute atomic E-state index is 11.1. The van der Waals surface area contributed by atoms with Gasteiger partial charge in [-0.1, -0.05) is 25.1 Å². The highest BCUT2D eigenvalue weighted by Crippen LogP contribution is 2.33. The summed E-state index contributed by atoms with van der Waals surface area (Å²) in [6, 6.07) is 11.3. The van der Waals surface area contributed by atoms with Crippen molar-refractivity contribution in [2.45, 2.75) is 19.8 Å². The van der Waals surface area contributed by atoms with Gasteiger partial charge in [0.05, 0.1) is 19.8 Å². The number of carboxylic acid groups (broad SMARTS) is 1. The van der Waals surface area contributed by atoms with E-state index in [9.17, 15) is 4.79 Å². The summed E-state index contributed by atoms with van der Waals surface area (Å²) in [6.07, 6.45) is 0. The SMILES string of the molecule is COc1ccc(C(C)c2ccc(C(=O)O)c(C)c2)cc1OC. The molecule has 0 spiro atoms. The first-order valence-electron chi connectivity index (χ1n) is 7.03. The Morgan fingerprint density at radius 1 is 1.00 bits per heavy atom. The van der Waals surface area contributed by atoms with Crippen LogP contribution in [-0.2, 0) is 0 Å². The average molecular weight is 300 g/mol. The van der Waals surface area contributed by atoms with Crippen LogP contribution in [0.15, 0.2) is 36.4 Å². The number of aromatic carboxylic acids is 1. The van der Waals surface area contributed by atoms with Crippen molar-refractivity contribution in [2.75, 3.05) is 14.2 Å². The highest BCUT2D eigenvalue weighted by atomic mass is 16.5. The predicted octanol–water partition coefficient (Wildman–Crippen LogP) is 3.86. The summed E-state index contributed by atoms with van der Waals surface area (Å²) in [5.41, 5.74) is 3.25. The summed E-state index contributed by atoms with van der Waals surface area (Å²) >= 11 is 0. The zero-order valence-corrected chi connectivity index (χ0v) is 13.2. The zero-order valence-electron chi connectivity index (χ0n) is 13.2. The number of benzene rings is 2. The van der Waals surface area contributed by atoms with Gasteiger partial charge in [-0.15, -0.1) is 0 Å². The molecule has 0 aromatic heterocycles. The van der Waals surface area contributed by atoms with Crippen LogP contribution in [0.3, 0.4) is 0 Å². The van der Waals surface area contributed by atoms with Crippen LogP contribution in [0, 0.1) is 6.92 Å². The Labute approximate surface area is 130 Å². The van der Waals surface area contributed by atoms with Gasteiger partial charge in [0.1, 0.15) is 0 Å². The van der Waals surface area contributed by atoms with Gasteiger partial charge in [-0.3, -0.25) is 0 Å². The Hall–Kier alpha value is -2.49. The van der Waals surface area contributed by atoms with Gasteiger partial charge in [0.25, 0.3) is 0 Å². The summed E-state index contributed by atoms with van der Waals surface area (Å²) in [4.78, 5) is 11.1. The summed E-state index contributed by atoms with van der Waals surface area (Å²) in [5, 5.41) is 9.11. The monoisotopic (exact) mass is 300 g/mol. The third-order valence-electron chi connectivity index (χ3n) is 3.89. The van der Waals surface area contributed by atoms with Crippen LogP contribution in [0.5, 0.6) is 11.5 Å². The average Bonchev–Trinajstić information content (AvgIpc) is 2.52. The number of methoxy groups -OCH3 is 2. The van der Waals surface area contributed by atoms with E-state index in [1.54, 1.807) is 20.3 Å². The maximum atomic E-state index is 11.1. The second-order valence-corrected chi connectivity index (χ2v) is 5.22. The van der Waals surface area contributed by atoms with E-state index in [-0.39, 0.29) is 5.92 Å². The van der Waals surface area contributed by atoms with Crippen LogP contribution in [0.1, 0.15) is 39.9 Å². The molecule has 1 atom stereocenters. The lowest BCUT2D eigenvalue weighted by Crippen LogP contribution is -2.03. The lowest BCUT2D eigenvalue weighted by Gasteiger charge is -2.16. The molecule has 2 rings (SSSR count). The van der Waals surface area contributed by atoms with Gasteiger partial charge in [0, 0.05) is 5.92 Å². The maximum Gasteiger partial charge on any atom is 0.335 e. The van der Waals surface area contributed by atoms with Crippen molar-refractivity contribution < 1.29 is 19.4 Å². The third kappa shape index (κ3) is 3.06. The smallest absolute Gasteiger partial charge is 0.335 e. The second kappa shape index (κ2) is 6.52. The first kappa shape index (κ1) is 15.9. The van der Waals surface area contributed by atoms with E-state index in [2.05, 4.69) is 6.92 Å². The first-order chi connectivity index (χ1) is 10.5. The number of carbonyl (C=O) groups is 1. The van der Waals surface area contributed by atoms with Gasteiger partial charge in [0.15, 0.2) is 11.5 Å². The largest absolute Gasteiger partial charge is 0.493 e. The van der Waals surface area contributed by atoms with Crippen molar-refractivity contribution >= 4 is 5.97 Å². The van der Waals surface area contributed by atoms with Crippen LogP contribution in [-0.4, -0.2) is 25.3 Å². The number of hydrogen-bond acceptors (Lipinski definition) is 3. The van der Waals surface area contributed by atoms with Crippen molar-refractivity contribution in [1.29, 1.82) is 0 Å². The Balaban J connectivity index is 2.37. The molecule has 116 valence electrons. The van der Waals surface area contributed by atoms with Crippen LogP contribution >= 0.6 is 0 Å². The summed E-state index contributed by atoms with van der Waals surface area (Å²) in [7, 11) is 3.22. The number of hydrogen-bond donors (Lipinski definition) is 1. The number of ether oxygens (including phenoxy) is 2. The third-order valence-corrected chi connectivity index (χ3v) is 3.89. The fourth-order valence-electron chi connectivity index (χ4n) is 2.51. The Morgan fingerprint density at radius 2 is 1.59 bits per heavy atom. The van der Waals surface area contributed by atoms with Crippen LogP contribution < -0.4 is 9.47 Å². The van der Waals surface area contributed by atoms with Crippen molar-refractivity contribution in [2.24, 2.45) is 0 Å². The van der Waals surface area contributed by atoms with E-state index in [0.717, 1.165) is 16.7 Å². The van der Waals surface area contributed by atoms with Gasteiger partial charge in [-0.2, -0.15) is 0 Å². The molecule has 0 aliphatic rings. The van der Waals surface area contributed by atoms with E-state index in [0.29, 0.717) is 17.1 Å². The van der Waals surface area contributed by atoms with Crippen molar-refractivity contribution in [3.8, 4) is 11.5 Å². The molecular weight excluding hydrogens is 280 g/mol. The lowest BCUT2D eigenvalue weighted by molar-refractivity contribution is 0.0696. The molecule has 2 aromatic carbocycles. The van der Waals surface area contributed by atoms with Crippen molar-refractivity contribution in [1.82, 2.24) is 0 Å². The Morgan fingerprint density at radius 3 is 2.14 bits per heavy atom. The molecule has 0 aliphatic carbocycles.